The van der Waals surface area contributed by atoms with E-state index < -0.39 is 11.4 Å². The predicted octanol–water partition coefficient (Wildman–Crippen LogP) is 2.35. The van der Waals surface area contributed by atoms with Crippen LogP contribution >= 0.6 is 0 Å². The van der Waals surface area contributed by atoms with E-state index in [2.05, 4.69) is 4.98 Å². The molecule has 16 heavy (non-hydrogen) atoms. The second-order valence-corrected chi connectivity index (χ2v) is 4.29. The number of benzene rings is 1. The first-order valence-corrected chi connectivity index (χ1v) is 5.31. The normalized spacial score (nSPS) is 17.2. The molecule has 1 N–H and O–H groups in total. The molecular weight excluding hydrogens is 202 g/mol. The number of carbonyl (C=O) groups is 1. The maximum atomic E-state index is 11.3. The van der Waals surface area contributed by atoms with Gasteiger partial charge >= 0.3 is 5.97 Å². The Morgan fingerprint density at radius 2 is 2.12 bits per heavy atom. The molecule has 3 rings (SSSR count). The van der Waals surface area contributed by atoms with Crippen molar-refractivity contribution in [1.82, 2.24) is 4.98 Å². The van der Waals surface area contributed by atoms with Gasteiger partial charge in [0.25, 0.3) is 0 Å². The number of carboxylic acids is 1. The van der Waals surface area contributed by atoms with Gasteiger partial charge in [0.1, 0.15) is 0 Å². The van der Waals surface area contributed by atoms with Gasteiger partial charge in [0.15, 0.2) is 0 Å². The molecule has 1 aromatic heterocycles. The quantitative estimate of drug-likeness (QED) is 0.833. The summed E-state index contributed by atoms with van der Waals surface area (Å²) in [6.07, 6.45) is 4.95. The zero-order valence-corrected chi connectivity index (χ0v) is 8.68. The number of hydrogen-bond acceptors (Lipinski definition) is 2. The molecule has 0 aliphatic heterocycles. The van der Waals surface area contributed by atoms with Crippen LogP contribution in [0.15, 0.2) is 36.7 Å². The lowest BCUT2D eigenvalue weighted by Crippen LogP contribution is -2.19. The van der Waals surface area contributed by atoms with Gasteiger partial charge < -0.3 is 5.11 Å². The number of aromatic nitrogens is 1. The minimum absolute atomic E-state index is 0.650. The molecule has 1 saturated carbocycles. The third-order valence-electron chi connectivity index (χ3n) is 3.36. The van der Waals surface area contributed by atoms with Crippen LogP contribution in [0, 0.1) is 0 Å². The molecule has 2 aromatic rings. The molecular formula is C13H11NO2. The molecule has 3 nitrogen and oxygen atoms in total. The SMILES string of the molecule is O=C(O)C1(c2cccc3ccncc23)CC1. The van der Waals surface area contributed by atoms with Crippen molar-refractivity contribution in [3.8, 4) is 0 Å². The average Bonchev–Trinajstić information content (AvgIpc) is 3.09. The Hall–Kier alpha value is -1.90. The fourth-order valence-electron chi connectivity index (χ4n) is 2.25. The van der Waals surface area contributed by atoms with Crippen molar-refractivity contribution in [2.45, 2.75) is 18.3 Å². The molecule has 1 aromatic carbocycles. The monoisotopic (exact) mass is 213 g/mol. The van der Waals surface area contributed by atoms with Gasteiger partial charge in [-0.2, -0.15) is 0 Å². The number of carboxylic acid groups (broad SMARTS) is 1. The number of rotatable bonds is 2. The Morgan fingerprint density at radius 3 is 2.81 bits per heavy atom. The standard InChI is InChI=1S/C13H11NO2/c15-12(16)13(5-6-13)11-3-1-2-9-4-7-14-8-10(9)11/h1-4,7-8H,5-6H2,(H,15,16). The van der Waals surface area contributed by atoms with Gasteiger partial charge in [0.2, 0.25) is 0 Å². The van der Waals surface area contributed by atoms with Gasteiger partial charge in [-0.1, -0.05) is 18.2 Å². The lowest BCUT2D eigenvalue weighted by atomic mass is 9.92. The lowest BCUT2D eigenvalue weighted by molar-refractivity contribution is -0.139. The number of hydrogen-bond donors (Lipinski definition) is 1. The zero-order chi connectivity index (χ0) is 11.2. The Labute approximate surface area is 92.7 Å². The summed E-state index contributed by atoms with van der Waals surface area (Å²) in [6.45, 7) is 0. The fourth-order valence-corrected chi connectivity index (χ4v) is 2.25. The molecule has 1 heterocycles. The minimum Gasteiger partial charge on any atom is -0.481 e. The molecule has 0 radical (unpaired) electrons. The minimum atomic E-state index is -0.719. The molecule has 1 aliphatic rings. The number of pyridine rings is 1. The zero-order valence-electron chi connectivity index (χ0n) is 8.68. The lowest BCUT2D eigenvalue weighted by Gasteiger charge is -2.12. The van der Waals surface area contributed by atoms with Crippen molar-refractivity contribution in [2.75, 3.05) is 0 Å². The molecule has 3 heteroatoms. The highest BCUT2D eigenvalue weighted by Crippen LogP contribution is 2.50. The van der Waals surface area contributed by atoms with Crippen molar-refractivity contribution in [1.29, 1.82) is 0 Å². The van der Waals surface area contributed by atoms with E-state index in [4.69, 9.17) is 0 Å². The van der Waals surface area contributed by atoms with Crippen LogP contribution in [0.5, 0.6) is 0 Å². The third-order valence-corrected chi connectivity index (χ3v) is 3.36. The first-order chi connectivity index (χ1) is 7.74. The Morgan fingerprint density at radius 1 is 1.31 bits per heavy atom. The van der Waals surface area contributed by atoms with Crippen molar-refractivity contribution in [3.05, 3.63) is 42.2 Å². The van der Waals surface area contributed by atoms with E-state index in [1.54, 1.807) is 12.4 Å². The first-order valence-electron chi connectivity index (χ1n) is 5.31. The smallest absolute Gasteiger partial charge is 0.314 e. The summed E-state index contributed by atoms with van der Waals surface area (Å²) >= 11 is 0. The van der Waals surface area contributed by atoms with Gasteiger partial charge in [-0.25, -0.2) is 0 Å². The molecule has 1 aliphatic carbocycles. The van der Waals surface area contributed by atoms with E-state index in [9.17, 15) is 9.90 Å². The summed E-state index contributed by atoms with van der Waals surface area (Å²) in [5.74, 6) is -0.719. The van der Waals surface area contributed by atoms with Gasteiger partial charge in [-0.15, -0.1) is 0 Å². The highest BCUT2D eigenvalue weighted by atomic mass is 16.4. The number of aliphatic carboxylic acids is 1. The molecule has 0 atom stereocenters. The van der Waals surface area contributed by atoms with Crippen LogP contribution in [0.2, 0.25) is 0 Å². The molecule has 0 spiro atoms. The summed E-state index contributed by atoms with van der Waals surface area (Å²) in [4.78, 5) is 15.4. The van der Waals surface area contributed by atoms with E-state index in [0.29, 0.717) is 0 Å². The highest BCUT2D eigenvalue weighted by Gasteiger charge is 2.52. The molecule has 0 unspecified atom stereocenters. The van der Waals surface area contributed by atoms with Crippen LogP contribution < -0.4 is 0 Å². The highest BCUT2D eigenvalue weighted by molar-refractivity contribution is 5.94. The predicted molar refractivity (Wildman–Crippen MR) is 60.3 cm³/mol. The van der Waals surface area contributed by atoms with E-state index in [1.165, 1.54) is 0 Å². The average molecular weight is 213 g/mol. The summed E-state index contributed by atoms with van der Waals surface area (Å²) in [7, 11) is 0. The maximum absolute atomic E-state index is 11.3. The van der Waals surface area contributed by atoms with Gasteiger partial charge in [-0.05, 0) is 29.9 Å². The third kappa shape index (κ3) is 1.14. The summed E-state index contributed by atoms with van der Waals surface area (Å²) in [5, 5.41) is 11.3. The van der Waals surface area contributed by atoms with Gasteiger partial charge in [0.05, 0.1) is 5.41 Å². The number of nitrogens with zero attached hydrogens (tertiary/aromatic N) is 1. The molecule has 0 bridgehead atoms. The molecule has 0 saturated heterocycles. The fraction of sp³-hybridized carbons (Fsp3) is 0.231. The van der Waals surface area contributed by atoms with Crippen LogP contribution in [0.25, 0.3) is 10.8 Å². The first kappa shape index (κ1) is 9.33. The largest absolute Gasteiger partial charge is 0.481 e. The topological polar surface area (TPSA) is 50.2 Å². The second-order valence-electron chi connectivity index (χ2n) is 4.29. The van der Waals surface area contributed by atoms with E-state index in [1.807, 2.05) is 24.3 Å². The molecule has 1 fully saturated rings. The summed E-state index contributed by atoms with van der Waals surface area (Å²) in [5.41, 5.74) is 0.258. The van der Waals surface area contributed by atoms with Crippen LogP contribution in [0.1, 0.15) is 18.4 Å². The van der Waals surface area contributed by atoms with Crippen molar-refractivity contribution < 1.29 is 9.90 Å². The molecule has 0 amide bonds. The van der Waals surface area contributed by atoms with Gasteiger partial charge in [0, 0.05) is 17.8 Å². The molecule has 80 valence electrons. The van der Waals surface area contributed by atoms with Crippen LogP contribution in [0.4, 0.5) is 0 Å². The van der Waals surface area contributed by atoms with E-state index in [0.717, 1.165) is 29.2 Å². The summed E-state index contributed by atoms with van der Waals surface area (Å²) < 4.78 is 0. The van der Waals surface area contributed by atoms with Crippen LogP contribution in [0.3, 0.4) is 0 Å². The van der Waals surface area contributed by atoms with Gasteiger partial charge in [-0.3, -0.25) is 9.78 Å². The van der Waals surface area contributed by atoms with Crippen LogP contribution in [-0.2, 0) is 10.2 Å². The van der Waals surface area contributed by atoms with Crippen LogP contribution in [-0.4, -0.2) is 16.1 Å². The Balaban J connectivity index is 2.29. The summed E-state index contributed by atoms with van der Waals surface area (Å²) in [6, 6.07) is 7.72. The second kappa shape index (κ2) is 3.04. The van der Waals surface area contributed by atoms with E-state index in [-0.39, 0.29) is 0 Å². The Bertz CT molecular complexity index is 568. The van der Waals surface area contributed by atoms with Crippen molar-refractivity contribution in [3.63, 3.8) is 0 Å². The number of fused-ring (bicyclic) bond motifs is 1. The van der Waals surface area contributed by atoms with Crippen molar-refractivity contribution in [2.24, 2.45) is 0 Å². The van der Waals surface area contributed by atoms with Crippen molar-refractivity contribution >= 4 is 16.7 Å². The Kier molecular flexibility index (Phi) is 1.78. The van der Waals surface area contributed by atoms with E-state index >= 15 is 0 Å². The maximum Gasteiger partial charge on any atom is 0.314 e.